The topological polar surface area (TPSA) is 91.0 Å². The first-order chi connectivity index (χ1) is 16.3. The van der Waals surface area contributed by atoms with Crippen LogP contribution in [0.2, 0.25) is 0 Å². The number of ether oxygens (including phenoxy) is 1. The molecule has 2 aromatic rings. The highest BCUT2D eigenvalue weighted by Crippen LogP contribution is 2.27. The monoisotopic (exact) mass is 482 g/mol. The first kappa shape index (κ1) is 25.2. The van der Waals surface area contributed by atoms with E-state index in [1.807, 2.05) is 38.1 Å². The highest BCUT2D eigenvalue weighted by Gasteiger charge is 2.43. The van der Waals surface area contributed by atoms with E-state index >= 15 is 0 Å². The van der Waals surface area contributed by atoms with Crippen LogP contribution in [0.4, 0.5) is 11.4 Å². The van der Waals surface area contributed by atoms with Crippen molar-refractivity contribution in [1.82, 2.24) is 10.2 Å². The molecule has 180 valence electrons. The molecule has 3 rings (SSSR count). The summed E-state index contributed by atoms with van der Waals surface area (Å²) in [5.74, 6) is -0.0182. The normalized spacial score (nSPS) is 15.4. The van der Waals surface area contributed by atoms with Crippen molar-refractivity contribution in [3.05, 3.63) is 54.1 Å². The summed E-state index contributed by atoms with van der Waals surface area (Å²) in [6.07, 6.45) is 0.837. The van der Waals surface area contributed by atoms with Crippen molar-refractivity contribution in [2.75, 3.05) is 29.9 Å². The molecule has 2 aromatic carbocycles. The van der Waals surface area contributed by atoms with Gasteiger partial charge in [0.2, 0.25) is 11.8 Å². The molecule has 0 radical (unpaired) electrons. The van der Waals surface area contributed by atoms with Crippen LogP contribution in [-0.4, -0.2) is 53.5 Å². The lowest BCUT2D eigenvalue weighted by Crippen LogP contribution is -2.42. The summed E-state index contributed by atoms with van der Waals surface area (Å²) in [6, 6.07) is 13.8. The maximum absolute atomic E-state index is 13.4. The van der Waals surface area contributed by atoms with Crippen molar-refractivity contribution in [3.8, 4) is 5.75 Å². The van der Waals surface area contributed by atoms with E-state index in [0.29, 0.717) is 36.2 Å². The fourth-order valence-electron chi connectivity index (χ4n) is 3.61. The van der Waals surface area contributed by atoms with Gasteiger partial charge < -0.3 is 20.3 Å². The van der Waals surface area contributed by atoms with E-state index in [9.17, 15) is 14.4 Å². The quantitative estimate of drug-likeness (QED) is 0.505. The maximum atomic E-state index is 13.4. The lowest BCUT2D eigenvalue weighted by molar-refractivity contribution is -0.124. The molecule has 0 unspecified atom stereocenters. The van der Waals surface area contributed by atoms with E-state index in [1.165, 1.54) is 11.8 Å². The van der Waals surface area contributed by atoms with Gasteiger partial charge in [-0.2, -0.15) is 0 Å². The van der Waals surface area contributed by atoms with E-state index in [4.69, 9.17) is 17.0 Å². The van der Waals surface area contributed by atoms with Crippen LogP contribution in [0.25, 0.3) is 0 Å². The average Bonchev–Trinajstić information content (AvgIpc) is 3.03. The van der Waals surface area contributed by atoms with Crippen LogP contribution in [0.1, 0.15) is 32.3 Å². The van der Waals surface area contributed by atoms with E-state index in [2.05, 4.69) is 10.6 Å². The van der Waals surface area contributed by atoms with Crippen LogP contribution in [0.15, 0.2) is 48.5 Å². The SMILES string of the molecule is CCCOc1ccc(NC(=O)C[C@@H]2C(=O)N(c3ccc(C)cc3)C(=S)N2CCNC(C)=O)cc1. The molecule has 0 aromatic heterocycles. The molecular weight excluding hydrogens is 452 g/mol. The second-order valence-electron chi connectivity index (χ2n) is 8.11. The van der Waals surface area contributed by atoms with Crippen LogP contribution in [0, 0.1) is 6.92 Å². The number of hydrogen-bond donors (Lipinski definition) is 2. The van der Waals surface area contributed by atoms with Gasteiger partial charge in [-0.3, -0.25) is 19.3 Å². The Morgan fingerprint density at radius 2 is 1.76 bits per heavy atom. The average molecular weight is 483 g/mol. The van der Waals surface area contributed by atoms with Gasteiger partial charge >= 0.3 is 0 Å². The molecule has 1 heterocycles. The van der Waals surface area contributed by atoms with E-state index in [0.717, 1.165) is 17.7 Å². The smallest absolute Gasteiger partial charge is 0.256 e. The van der Waals surface area contributed by atoms with E-state index < -0.39 is 6.04 Å². The summed E-state index contributed by atoms with van der Waals surface area (Å²) >= 11 is 5.61. The Labute approximate surface area is 205 Å². The molecule has 0 aliphatic carbocycles. The van der Waals surface area contributed by atoms with Crippen LogP contribution in [-0.2, 0) is 14.4 Å². The second kappa shape index (κ2) is 11.6. The van der Waals surface area contributed by atoms with E-state index in [1.54, 1.807) is 29.2 Å². The number of rotatable bonds is 10. The van der Waals surface area contributed by atoms with Gasteiger partial charge in [0.15, 0.2) is 5.11 Å². The van der Waals surface area contributed by atoms with Crippen molar-refractivity contribution in [1.29, 1.82) is 0 Å². The lowest BCUT2D eigenvalue weighted by atomic mass is 10.1. The Balaban J connectivity index is 1.73. The molecule has 1 fully saturated rings. The van der Waals surface area contributed by atoms with E-state index in [-0.39, 0.29) is 24.1 Å². The Morgan fingerprint density at radius 1 is 1.09 bits per heavy atom. The third-order valence-electron chi connectivity index (χ3n) is 5.33. The molecule has 0 spiro atoms. The number of carbonyl (C=O) groups excluding carboxylic acids is 3. The van der Waals surface area contributed by atoms with Gasteiger partial charge in [-0.25, -0.2) is 0 Å². The zero-order valence-corrected chi connectivity index (χ0v) is 20.5. The number of carbonyl (C=O) groups is 3. The molecule has 1 saturated heterocycles. The van der Waals surface area contributed by atoms with Gasteiger partial charge in [0.25, 0.3) is 5.91 Å². The minimum Gasteiger partial charge on any atom is -0.494 e. The Morgan fingerprint density at radius 3 is 2.38 bits per heavy atom. The number of nitrogens with one attached hydrogen (secondary N) is 2. The molecule has 9 heteroatoms. The van der Waals surface area contributed by atoms with Crippen LogP contribution in [0.5, 0.6) is 5.75 Å². The summed E-state index contributed by atoms with van der Waals surface area (Å²) in [4.78, 5) is 40.7. The number of anilines is 2. The highest BCUT2D eigenvalue weighted by atomic mass is 32.1. The molecule has 1 aliphatic heterocycles. The summed E-state index contributed by atoms with van der Waals surface area (Å²) < 4.78 is 5.56. The van der Waals surface area contributed by atoms with Crippen LogP contribution in [0.3, 0.4) is 0 Å². The van der Waals surface area contributed by atoms with Gasteiger partial charge in [0, 0.05) is 25.7 Å². The molecule has 1 atom stereocenters. The summed E-state index contributed by atoms with van der Waals surface area (Å²) in [5.41, 5.74) is 2.32. The predicted molar refractivity (Wildman–Crippen MR) is 136 cm³/mol. The number of thiocarbonyl (C=S) groups is 1. The van der Waals surface area contributed by atoms with Crippen LogP contribution >= 0.6 is 12.2 Å². The van der Waals surface area contributed by atoms with Crippen molar-refractivity contribution in [2.45, 2.75) is 39.7 Å². The number of benzene rings is 2. The van der Waals surface area contributed by atoms with Crippen molar-refractivity contribution < 1.29 is 19.1 Å². The number of aryl methyl sites for hydroxylation is 1. The first-order valence-corrected chi connectivity index (χ1v) is 11.7. The van der Waals surface area contributed by atoms with Crippen molar-refractivity contribution in [3.63, 3.8) is 0 Å². The largest absolute Gasteiger partial charge is 0.494 e. The lowest BCUT2D eigenvalue weighted by Gasteiger charge is -2.24. The molecule has 2 N–H and O–H groups in total. The number of amides is 3. The predicted octanol–water partition coefficient (Wildman–Crippen LogP) is 3.25. The van der Waals surface area contributed by atoms with Crippen molar-refractivity contribution in [2.24, 2.45) is 0 Å². The molecular formula is C25H30N4O4S. The molecule has 8 nitrogen and oxygen atoms in total. The third-order valence-corrected chi connectivity index (χ3v) is 5.74. The minimum absolute atomic E-state index is 0.0739. The Bertz CT molecular complexity index is 1040. The molecule has 34 heavy (non-hydrogen) atoms. The Kier molecular flexibility index (Phi) is 8.59. The molecule has 0 saturated carbocycles. The van der Waals surface area contributed by atoms with Gasteiger partial charge in [-0.15, -0.1) is 0 Å². The summed E-state index contributed by atoms with van der Waals surface area (Å²) in [7, 11) is 0. The van der Waals surface area contributed by atoms with Gasteiger partial charge in [-0.1, -0.05) is 24.6 Å². The summed E-state index contributed by atoms with van der Waals surface area (Å²) in [5, 5.41) is 5.87. The van der Waals surface area contributed by atoms with Crippen LogP contribution < -0.4 is 20.3 Å². The highest BCUT2D eigenvalue weighted by molar-refractivity contribution is 7.80. The van der Waals surface area contributed by atoms with Gasteiger partial charge in [0.05, 0.1) is 18.7 Å². The molecule has 1 aliphatic rings. The standard InChI is InChI=1S/C25H30N4O4S/c1-4-15-33-21-11-7-19(8-12-21)27-23(31)16-22-24(32)29(20-9-5-17(2)6-10-20)25(34)28(22)14-13-26-18(3)30/h5-12,22H,4,13-16H2,1-3H3,(H,26,30)(H,27,31)/t22-/m1/s1. The minimum atomic E-state index is -0.769. The number of hydrogen-bond acceptors (Lipinski definition) is 5. The fourth-order valence-corrected chi connectivity index (χ4v) is 4.03. The Hall–Kier alpha value is -3.46. The number of nitrogens with zero attached hydrogens (tertiary/aromatic N) is 2. The van der Waals surface area contributed by atoms with Crippen molar-refractivity contribution >= 4 is 46.4 Å². The second-order valence-corrected chi connectivity index (χ2v) is 8.47. The molecule has 3 amide bonds. The van der Waals surface area contributed by atoms with Gasteiger partial charge in [0.1, 0.15) is 11.8 Å². The maximum Gasteiger partial charge on any atom is 0.256 e. The first-order valence-electron chi connectivity index (χ1n) is 11.3. The summed E-state index contributed by atoms with van der Waals surface area (Å²) in [6.45, 7) is 6.67. The zero-order valence-electron chi connectivity index (χ0n) is 19.7. The third kappa shape index (κ3) is 6.32. The molecule has 0 bridgehead atoms. The zero-order chi connectivity index (χ0) is 24.7. The van der Waals surface area contributed by atoms with Gasteiger partial charge in [-0.05, 0) is 62.0 Å². The fraction of sp³-hybridized carbons (Fsp3) is 0.360.